The third-order valence-electron chi connectivity index (χ3n) is 1.88. The smallest absolute Gasteiger partial charge is 0.146 e. The number of phenolic OH excluding ortho intramolecular Hbond substituents is 1. The number of aromatic nitrogens is 1. The number of benzene rings is 1. The van der Waals surface area contributed by atoms with Gasteiger partial charge in [-0.15, -0.1) is 11.3 Å². The van der Waals surface area contributed by atoms with E-state index in [0.29, 0.717) is 12.4 Å². The fourth-order valence-electron chi connectivity index (χ4n) is 1.12. The lowest BCUT2D eigenvalue weighted by Crippen LogP contribution is -1.98. The van der Waals surface area contributed by atoms with Gasteiger partial charge in [0.1, 0.15) is 28.8 Å². The monoisotopic (exact) mass is 222 g/mol. The maximum absolute atomic E-state index is 9.34. The van der Waals surface area contributed by atoms with Crippen LogP contribution in [0.2, 0.25) is 0 Å². The highest BCUT2D eigenvalue weighted by Crippen LogP contribution is 2.30. The summed E-state index contributed by atoms with van der Waals surface area (Å²) in [6.45, 7) is 0.366. The van der Waals surface area contributed by atoms with E-state index in [4.69, 9.17) is 10.5 Å². The van der Waals surface area contributed by atoms with E-state index in [0.717, 1.165) is 5.01 Å². The molecule has 0 bridgehead atoms. The summed E-state index contributed by atoms with van der Waals surface area (Å²) in [6.07, 6.45) is 1.72. The minimum Gasteiger partial charge on any atom is -0.506 e. The lowest BCUT2D eigenvalue weighted by molar-refractivity contribution is 0.306. The number of phenols is 1. The normalized spacial score (nSPS) is 10.1. The molecule has 2 aromatic rings. The molecule has 4 nitrogen and oxygen atoms in total. The summed E-state index contributed by atoms with van der Waals surface area (Å²) in [6, 6.07) is 4.91. The molecule has 1 aromatic heterocycles. The first-order valence-corrected chi connectivity index (χ1v) is 5.24. The van der Waals surface area contributed by atoms with Crippen LogP contribution >= 0.6 is 11.3 Å². The third kappa shape index (κ3) is 2.19. The minimum absolute atomic E-state index is 0.0339. The molecule has 0 amide bonds. The maximum Gasteiger partial charge on any atom is 0.146 e. The number of thiazole rings is 1. The van der Waals surface area contributed by atoms with Crippen LogP contribution in [0.25, 0.3) is 0 Å². The minimum atomic E-state index is 0.0339. The van der Waals surface area contributed by atoms with E-state index < -0.39 is 0 Å². The van der Waals surface area contributed by atoms with Gasteiger partial charge in [0.15, 0.2) is 0 Å². The van der Waals surface area contributed by atoms with Gasteiger partial charge in [0, 0.05) is 11.6 Å². The van der Waals surface area contributed by atoms with Gasteiger partial charge in [-0.05, 0) is 12.1 Å². The summed E-state index contributed by atoms with van der Waals surface area (Å²) < 4.78 is 5.42. The number of rotatable bonds is 3. The first kappa shape index (κ1) is 9.79. The number of anilines is 1. The second kappa shape index (κ2) is 4.18. The van der Waals surface area contributed by atoms with Gasteiger partial charge in [0.2, 0.25) is 0 Å². The zero-order valence-electron chi connectivity index (χ0n) is 7.88. The van der Waals surface area contributed by atoms with Gasteiger partial charge in [0.05, 0.1) is 0 Å². The first-order valence-electron chi connectivity index (χ1n) is 4.36. The highest BCUT2D eigenvalue weighted by molar-refractivity contribution is 7.09. The van der Waals surface area contributed by atoms with Gasteiger partial charge in [-0.25, -0.2) is 4.98 Å². The Labute approximate surface area is 91.0 Å². The summed E-state index contributed by atoms with van der Waals surface area (Å²) in [4.78, 5) is 4.07. The highest BCUT2D eigenvalue weighted by Gasteiger charge is 2.05. The molecule has 0 radical (unpaired) electrons. The number of nitrogen functional groups attached to an aromatic ring is 1. The van der Waals surface area contributed by atoms with Crippen LogP contribution in [0.1, 0.15) is 5.01 Å². The Kier molecular flexibility index (Phi) is 2.73. The van der Waals surface area contributed by atoms with Crippen LogP contribution < -0.4 is 10.5 Å². The summed E-state index contributed by atoms with van der Waals surface area (Å²) in [5.74, 6) is 0.511. The second-order valence-corrected chi connectivity index (χ2v) is 3.88. The lowest BCUT2D eigenvalue weighted by Gasteiger charge is -2.07. The van der Waals surface area contributed by atoms with Crippen LogP contribution in [0, 0.1) is 0 Å². The average Bonchev–Trinajstić information content (AvgIpc) is 2.73. The summed E-state index contributed by atoms with van der Waals surface area (Å²) in [5.41, 5.74) is 5.89. The van der Waals surface area contributed by atoms with E-state index in [9.17, 15) is 5.11 Å². The molecule has 0 fully saturated rings. The fourth-order valence-corrected chi connectivity index (χ4v) is 1.65. The van der Waals surface area contributed by atoms with Crippen molar-refractivity contribution in [2.45, 2.75) is 6.61 Å². The molecule has 0 unspecified atom stereocenters. The van der Waals surface area contributed by atoms with Crippen molar-refractivity contribution in [2.24, 2.45) is 0 Å². The number of nitrogens with zero attached hydrogens (tertiary/aromatic N) is 1. The van der Waals surface area contributed by atoms with Crippen LogP contribution in [0.5, 0.6) is 11.5 Å². The van der Waals surface area contributed by atoms with E-state index in [1.54, 1.807) is 18.3 Å². The summed E-state index contributed by atoms with van der Waals surface area (Å²) >= 11 is 1.51. The third-order valence-corrected chi connectivity index (χ3v) is 2.63. The number of nitrogens with two attached hydrogens (primary N) is 1. The van der Waals surface area contributed by atoms with Crippen molar-refractivity contribution in [1.29, 1.82) is 0 Å². The molecule has 5 heteroatoms. The predicted molar refractivity (Wildman–Crippen MR) is 59.0 cm³/mol. The molecular formula is C10H10N2O2S. The quantitative estimate of drug-likeness (QED) is 0.615. The Morgan fingerprint density at radius 3 is 3.07 bits per heavy atom. The Balaban J connectivity index is 2.08. The number of para-hydroxylation sites is 1. The zero-order chi connectivity index (χ0) is 10.7. The number of aromatic hydroxyl groups is 1. The van der Waals surface area contributed by atoms with Crippen LogP contribution in [-0.2, 0) is 6.61 Å². The van der Waals surface area contributed by atoms with E-state index in [2.05, 4.69) is 4.98 Å². The SMILES string of the molecule is Nc1c(O)cccc1OCc1nccs1. The lowest BCUT2D eigenvalue weighted by atomic mass is 10.3. The fraction of sp³-hybridized carbons (Fsp3) is 0.100. The van der Waals surface area contributed by atoms with Gasteiger partial charge in [0.25, 0.3) is 0 Å². The summed E-state index contributed by atoms with van der Waals surface area (Å²) in [5, 5.41) is 12.1. The Morgan fingerprint density at radius 1 is 1.47 bits per heavy atom. The van der Waals surface area contributed by atoms with Crippen molar-refractivity contribution in [3.05, 3.63) is 34.8 Å². The maximum atomic E-state index is 9.34. The van der Waals surface area contributed by atoms with Crippen molar-refractivity contribution in [3.8, 4) is 11.5 Å². The molecule has 78 valence electrons. The molecule has 0 aliphatic heterocycles. The Morgan fingerprint density at radius 2 is 2.33 bits per heavy atom. The van der Waals surface area contributed by atoms with Crippen molar-refractivity contribution >= 4 is 17.0 Å². The largest absolute Gasteiger partial charge is 0.506 e. The van der Waals surface area contributed by atoms with Gasteiger partial charge in [-0.1, -0.05) is 6.07 Å². The van der Waals surface area contributed by atoms with Crippen LogP contribution in [0.4, 0.5) is 5.69 Å². The molecule has 0 aliphatic rings. The van der Waals surface area contributed by atoms with Gasteiger partial charge < -0.3 is 15.6 Å². The molecule has 0 saturated heterocycles. The zero-order valence-corrected chi connectivity index (χ0v) is 8.70. The van der Waals surface area contributed by atoms with Gasteiger partial charge in [-0.2, -0.15) is 0 Å². The first-order chi connectivity index (χ1) is 7.27. The second-order valence-electron chi connectivity index (χ2n) is 2.90. The molecule has 1 aromatic carbocycles. The Bertz CT molecular complexity index is 443. The predicted octanol–water partition coefficient (Wildman–Crippen LogP) is 2.01. The highest BCUT2D eigenvalue weighted by atomic mass is 32.1. The van der Waals surface area contributed by atoms with Crippen LogP contribution in [-0.4, -0.2) is 10.1 Å². The molecule has 3 N–H and O–H groups in total. The van der Waals surface area contributed by atoms with E-state index in [1.165, 1.54) is 17.4 Å². The molecule has 15 heavy (non-hydrogen) atoms. The van der Waals surface area contributed by atoms with Crippen LogP contribution in [0.15, 0.2) is 29.8 Å². The molecule has 0 saturated carbocycles. The Hall–Kier alpha value is -1.75. The molecule has 1 heterocycles. The van der Waals surface area contributed by atoms with Gasteiger partial charge in [-0.3, -0.25) is 0 Å². The van der Waals surface area contributed by atoms with Gasteiger partial charge >= 0.3 is 0 Å². The number of hydrogen-bond donors (Lipinski definition) is 2. The number of hydrogen-bond acceptors (Lipinski definition) is 5. The molecule has 0 aliphatic carbocycles. The molecule has 2 rings (SSSR count). The molecule has 0 atom stereocenters. The molecule has 0 spiro atoms. The van der Waals surface area contributed by atoms with E-state index in [-0.39, 0.29) is 11.4 Å². The van der Waals surface area contributed by atoms with Crippen molar-refractivity contribution in [3.63, 3.8) is 0 Å². The van der Waals surface area contributed by atoms with Crippen molar-refractivity contribution in [1.82, 2.24) is 4.98 Å². The standard InChI is InChI=1S/C10H10N2O2S/c11-10-7(13)2-1-3-8(10)14-6-9-12-4-5-15-9/h1-5,13H,6,11H2. The molecular weight excluding hydrogens is 212 g/mol. The van der Waals surface area contributed by atoms with Crippen molar-refractivity contribution in [2.75, 3.05) is 5.73 Å². The van der Waals surface area contributed by atoms with E-state index >= 15 is 0 Å². The van der Waals surface area contributed by atoms with Crippen molar-refractivity contribution < 1.29 is 9.84 Å². The summed E-state index contributed by atoms with van der Waals surface area (Å²) in [7, 11) is 0. The average molecular weight is 222 g/mol. The number of ether oxygens (including phenoxy) is 1. The van der Waals surface area contributed by atoms with E-state index in [1.807, 2.05) is 5.38 Å². The topological polar surface area (TPSA) is 68.4 Å². The van der Waals surface area contributed by atoms with Crippen LogP contribution in [0.3, 0.4) is 0 Å².